The third-order valence-electron chi connectivity index (χ3n) is 5.49. The summed E-state index contributed by atoms with van der Waals surface area (Å²) in [6.07, 6.45) is 5.02. The maximum absolute atomic E-state index is 13.2. The van der Waals surface area contributed by atoms with Crippen molar-refractivity contribution in [2.24, 2.45) is 0 Å². The number of rotatable bonds is 6. The maximum atomic E-state index is 13.2. The van der Waals surface area contributed by atoms with Crippen LogP contribution in [0.3, 0.4) is 0 Å². The van der Waals surface area contributed by atoms with E-state index >= 15 is 0 Å². The van der Waals surface area contributed by atoms with Gasteiger partial charge in [0.05, 0.1) is 11.3 Å². The molecule has 0 unspecified atom stereocenters. The molecule has 0 aliphatic carbocycles. The number of carbonyl (C=O) groups is 1. The van der Waals surface area contributed by atoms with Gasteiger partial charge in [0, 0.05) is 30.9 Å². The van der Waals surface area contributed by atoms with E-state index < -0.39 is 0 Å². The number of amides is 1. The van der Waals surface area contributed by atoms with E-state index in [0.29, 0.717) is 5.56 Å². The van der Waals surface area contributed by atoms with E-state index in [4.69, 9.17) is 5.10 Å². The molecule has 29 heavy (non-hydrogen) atoms. The summed E-state index contributed by atoms with van der Waals surface area (Å²) in [5, 5.41) is 8.00. The standard InChI is InChI=1S/C24H28N4O/c1-2-15-27-16-13-20(14-17-27)25-24(29)22-18-28(21-11-7-4-8-12-21)26-23(22)19-9-5-3-6-10-19/h3-12,18,20H,2,13-17H2,1H3,(H,25,29). The molecule has 0 spiro atoms. The number of nitrogens with zero attached hydrogens (tertiary/aromatic N) is 3. The summed E-state index contributed by atoms with van der Waals surface area (Å²) in [6, 6.07) is 20.1. The summed E-state index contributed by atoms with van der Waals surface area (Å²) in [4.78, 5) is 15.7. The number of para-hydroxylation sites is 1. The molecule has 1 aliphatic heterocycles. The number of hydrogen-bond acceptors (Lipinski definition) is 3. The van der Waals surface area contributed by atoms with E-state index in [2.05, 4.69) is 17.1 Å². The Labute approximate surface area is 172 Å². The molecule has 150 valence electrons. The van der Waals surface area contributed by atoms with E-state index in [1.54, 1.807) is 4.68 Å². The third kappa shape index (κ3) is 4.57. The monoisotopic (exact) mass is 388 g/mol. The summed E-state index contributed by atoms with van der Waals surface area (Å²) >= 11 is 0. The van der Waals surface area contributed by atoms with Crippen LogP contribution in [0.25, 0.3) is 16.9 Å². The molecule has 2 aromatic carbocycles. The normalized spacial score (nSPS) is 15.3. The van der Waals surface area contributed by atoms with Gasteiger partial charge in [-0.15, -0.1) is 0 Å². The Morgan fingerprint density at radius 1 is 1.03 bits per heavy atom. The smallest absolute Gasteiger partial charge is 0.255 e. The number of nitrogens with one attached hydrogen (secondary N) is 1. The molecule has 1 saturated heterocycles. The van der Waals surface area contributed by atoms with Crippen molar-refractivity contribution >= 4 is 5.91 Å². The highest BCUT2D eigenvalue weighted by molar-refractivity contribution is 6.00. The zero-order valence-corrected chi connectivity index (χ0v) is 16.9. The first-order valence-electron chi connectivity index (χ1n) is 10.5. The average molecular weight is 389 g/mol. The Bertz CT molecular complexity index is 928. The van der Waals surface area contributed by atoms with E-state index in [9.17, 15) is 4.79 Å². The molecule has 0 atom stereocenters. The molecule has 1 N–H and O–H groups in total. The van der Waals surface area contributed by atoms with Crippen molar-refractivity contribution in [3.63, 3.8) is 0 Å². The van der Waals surface area contributed by atoms with Crippen molar-refractivity contribution in [1.29, 1.82) is 0 Å². The number of aromatic nitrogens is 2. The van der Waals surface area contributed by atoms with Gasteiger partial charge in [-0.25, -0.2) is 4.68 Å². The summed E-state index contributed by atoms with van der Waals surface area (Å²) in [5.41, 5.74) is 3.23. The minimum absolute atomic E-state index is 0.0417. The van der Waals surface area contributed by atoms with E-state index in [-0.39, 0.29) is 11.9 Å². The van der Waals surface area contributed by atoms with Crippen LogP contribution in [0, 0.1) is 0 Å². The van der Waals surface area contributed by atoms with Gasteiger partial charge in [0.2, 0.25) is 0 Å². The molecular weight excluding hydrogens is 360 g/mol. The topological polar surface area (TPSA) is 50.2 Å². The second kappa shape index (κ2) is 9.05. The number of piperidine rings is 1. The Kier molecular flexibility index (Phi) is 6.06. The Morgan fingerprint density at radius 2 is 1.69 bits per heavy atom. The highest BCUT2D eigenvalue weighted by atomic mass is 16.1. The highest BCUT2D eigenvalue weighted by Gasteiger charge is 2.24. The van der Waals surface area contributed by atoms with Crippen LogP contribution in [0.15, 0.2) is 66.9 Å². The maximum Gasteiger partial charge on any atom is 0.255 e. The molecular formula is C24H28N4O. The molecule has 5 heteroatoms. The van der Waals surface area contributed by atoms with Crippen molar-refractivity contribution in [2.75, 3.05) is 19.6 Å². The van der Waals surface area contributed by atoms with Crippen molar-refractivity contribution in [3.8, 4) is 16.9 Å². The molecule has 1 aromatic heterocycles. The van der Waals surface area contributed by atoms with Crippen molar-refractivity contribution in [3.05, 3.63) is 72.4 Å². The summed E-state index contributed by atoms with van der Waals surface area (Å²) in [5.74, 6) is -0.0417. The van der Waals surface area contributed by atoms with Gasteiger partial charge in [0.1, 0.15) is 5.69 Å². The first-order valence-corrected chi connectivity index (χ1v) is 10.5. The van der Waals surface area contributed by atoms with Crippen molar-refractivity contribution in [2.45, 2.75) is 32.2 Å². The fourth-order valence-electron chi connectivity index (χ4n) is 3.94. The number of hydrogen-bond donors (Lipinski definition) is 1. The van der Waals surface area contributed by atoms with Crippen LogP contribution in [0.1, 0.15) is 36.5 Å². The first kappa shape index (κ1) is 19.4. The van der Waals surface area contributed by atoms with E-state index in [1.807, 2.05) is 66.9 Å². The van der Waals surface area contributed by atoms with Gasteiger partial charge in [-0.3, -0.25) is 4.79 Å². The second-order valence-electron chi connectivity index (χ2n) is 7.63. The number of benzene rings is 2. The van der Waals surface area contributed by atoms with Crippen LogP contribution in [0.5, 0.6) is 0 Å². The predicted molar refractivity (Wildman–Crippen MR) is 116 cm³/mol. The fourth-order valence-corrected chi connectivity index (χ4v) is 3.94. The molecule has 4 rings (SSSR count). The molecule has 1 aliphatic rings. The minimum Gasteiger partial charge on any atom is -0.349 e. The third-order valence-corrected chi connectivity index (χ3v) is 5.49. The zero-order chi connectivity index (χ0) is 20.1. The van der Waals surface area contributed by atoms with Gasteiger partial charge in [0.15, 0.2) is 0 Å². The van der Waals surface area contributed by atoms with E-state index in [1.165, 1.54) is 6.42 Å². The van der Waals surface area contributed by atoms with Gasteiger partial charge in [-0.2, -0.15) is 5.10 Å². The highest BCUT2D eigenvalue weighted by Crippen LogP contribution is 2.24. The van der Waals surface area contributed by atoms with Crippen LogP contribution < -0.4 is 5.32 Å². The zero-order valence-electron chi connectivity index (χ0n) is 16.9. The quantitative estimate of drug-likeness (QED) is 0.690. The molecule has 1 amide bonds. The molecule has 0 radical (unpaired) electrons. The van der Waals surface area contributed by atoms with Gasteiger partial charge in [0.25, 0.3) is 5.91 Å². The summed E-state index contributed by atoms with van der Waals surface area (Å²) < 4.78 is 1.79. The lowest BCUT2D eigenvalue weighted by Gasteiger charge is -2.32. The van der Waals surface area contributed by atoms with Crippen LogP contribution in [0.2, 0.25) is 0 Å². The lowest BCUT2D eigenvalue weighted by Crippen LogP contribution is -2.44. The van der Waals surface area contributed by atoms with Gasteiger partial charge < -0.3 is 10.2 Å². The molecule has 0 saturated carbocycles. The van der Waals surface area contributed by atoms with Crippen molar-refractivity contribution in [1.82, 2.24) is 20.0 Å². The van der Waals surface area contributed by atoms with Gasteiger partial charge in [-0.1, -0.05) is 55.5 Å². The predicted octanol–water partition coefficient (Wildman–Crippen LogP) is 4.14. The van der Waals surface area contributed by atoms with Gasteiger partial charge in [-0.05, 0) is 37.9 Å². The summed E-state index contributed by atoms with van der Waals surface area (Å²) in [6.45, 7) is 5.45. The van der Waals surface area contributed by atoms with Crippen LogP contribution in [-0.4, -0.2) is 46.3 Å². The van der Waals surface area contributed by atoms with E-state index in [0.717, 1.165) is 49.4 Å². The second-order valence-corrected chi connectivity index (χ2v) is 7.63. The number of likely N-dealkylation sites (tertiary alicyclic amines) is 1. The first-order chi connectivity index (χ1) is 14.2. The molecule has 5 nitrogen and oxygen atoms in total. The van der Waals surface area contributed by atoms with Crippen LogP contribution in [0.4, 0.5) is 0 Å². The Hall–Kier alpha value is -2.92. The van der Waals surface area contributed by atoms with Crippen LogP contribution in [-0.2, 0) is 0 Å². The summed E-state index contributed by atoms with van der Waals surface area (Å²) in [7, 11) is 0. The lowest BCUT2D eigenvalue weighted by atomic mass is 10.0. The SMILES string of the molecule is CCCN1CCC(NC(=O)c2cn(-c3ccccc3)nc2-c2ccccc2)CC1. The van der Waals surface area contributed by atoms with Crippen molar-refractivity contribution < 1.29 is 4.79 Å². The minimum atomic E-state index is -0.0417. The number of carbonyl (C=O) groups excluding carboxylic acids is 1. The van der Waals surface area contributed by atoms with Crippen LogP contribution >= 0.6 is 0 Å². The van der Waals surface area contributed by atoms with Gasteiger partial charge >= 0.3 is 0 Å². The molecule has 1 fully saturated rings. The molecule has 0 bridgehead atoms. The molecule has 3 aromatic rings. The Balaban J connectivity index is 1.57. The average Bonchev–Trinajstić information content (AvgIpc) is 3.22. The molecule has 2 heterocycles. The Morgan fingerprint density at radius 3 is 2.34 bits per heavy atom. The lowest BCUT2D eigenvalue weighted by molar-refractivity contribution is 0.0912. The largest absolute Gasteiger partial charge is 0.349 e. The fraction of sp³-hybridized carbons (Fsp3) is 0.333.